The zero-order valence-electron chi connectivity index (χ0n) is 17.8. The summed E-state index contributed by atoms with van der Waals surface area (Å²) >= 11 is 0. The maximum atomic E-state index is 13.0. The molecule has 1 fully saturated rings. The van der Waals surface area contributed by atoms with Gasteiger partial charge in [-0.25, -0.2) is 0 Å². The highest BCUT2D eigenvalue weighted by molar-refractivity contribution is 5.82. The van der Waals surface area contributed by atoms with Gasteiger partial charge < -0.3 is 28.9 Å². The van der Waals surface area contributed by atoms with E-state index >= 15 is 0 Å². The molecule has 1 atom stereocenters. The lowest BCUT2D eigenvalue weighted by Crippen LogP contribution is -2.41. The van der Waals surface area contributed by atoms with Crippen molar-refractivity contribution < 1.29 is 23.8 Å². The number of hydrogen-bond donors (Lipinski definition) is 2. The van der Waals surface area contributed by atoms with Crippen LogP contribution in [-0.2, 0) is 9.53 Å². The van der Waals surface area contributed by atoms with Gasteiger partial charge in [0.25, 0.3) is 5.56 Å². The van der Waals surface area contributed by atoms with E-state index in [0.29, 0.717) is 43.0 Å². The largest absolute Gasteiger partial charge is 0.502 e. The van der Waals surface area contributed by atoms with Gasteiger partial charge in [0.2, 0.25) is 17.1 Å². The molecule has 9 heteroatoms. The fourth-order valence-electron chi connectivity index (χ4n) is 3.91. The zero-order valence-corrected chi connectivity index (χ0v) is 17.8. The average Bonchev–Trinajstić information content (AvgIpc) is 2.80. The van der Waals surface area contributed by atoms with Gasteiger partial charge in [-0.3, -0.25) is 14.4 Å². The molecule has 0 unspecified atom stereocenters. The molecule has 0 saturated carbocycles. The van der Waals surface area contributed by atoms with Gasteiger partial charge in [0.05, 0.1) is 26.2 Å². The number of hydrogen-bond acceptors (Lipinski definition) is 7. The fraction of sp³-hybridized carbons (Fsp3) is 0.348. The zero-order chi connectivity index (χ0) is 22.8. The molecule has 0 spiro atoms. The summed E-state index contributed by atoms with van der Waals surface area (Å²) in [6, 6.07) is 7.99. The third kappa shape index (κ3) is 4.24. The maximum absolute atomic E-state index is 13.0. The molecule has 2 aromatic heterocycles. The first-order chi connectivity index (χ1) is 15.4. The molecule has 4 rings (SSSR count). The number of H-pyrrole nitrogens is 1. The monoisotopic (exact) mass is 440 g/mol. The Balaban J connectivity index is 1.85. The van der Waals surface area contributed by atoms with Crippen molar-refractivity contribution >= 4 is 16.8 Å². The number of nitrogens with zero attached hydrogens (tertiary/aromatic N) is 1. The van der Waals surface area contributed by atoms with Crippen LogP contribution >= 0.6 is 0 Å². The average molecular weight is 440 g/mol. The third-order valence-electron chi connectivity index (χ3n) is 5.59. The summed E-state index contributed by atoms with van der Waals surface area (Å²) in [4.78, 5) is 42.7. The molecular formula is C23H24N2O7. The predicted molar refractivity (Wildman–Crippen MR) is 116 cm³/mol. The highest BCUT2D eigenvalue weighted by Crippen LogP contribution is 2.33. The van der Waals surface area contributed by atoms with Crippen molar-refractivity contribution in [3.63, 3.8) is 0 Å². The van der Waals surface area contributed by atoms with Crippen molar-refractivity contribution in [2.24, 2.45) is 0 Å². The van der Waals surface area contributed by atoms with Crippen LogP contribution in [-0.4, -0.2) is 54.3 Å². The molecule has 2 N–H and O–H groups in total. The highest BCUT2D eigenvalue weighted by Gasteiger charge is 2.30. The van der Waals surface area contributed by atoms with Crippen LogP contribution in [0.4, 0.5) is 0 Å². The third-order valence-corrected chi connectivity index (χ3v) is 5.59. The fourth-order valence-corrected chi connectivity index (χ4v) is 3.91. The number of rotatable bonds is 5. The Morgan fingerprint density at radius 3 is 2.69 bits per heavy atom. The molecule has 1 aliphatic rings. The van der Waals surface area contributed by atoms with Crippen molar-refractivity contribution in [1.29, 1.82) is 0 Å². The molecule has 32 heavy (non-hydrogen) atoms. The number of amides is 1. The summed E-state index contributed by atoms with van der Waals surface area (Å²) < 4.78 is 16.3. The van der Waals surface area contributed by atoms with Gasteiger partial charge >= 0.3 is 0 Å². The molecule has 1 saturated heterocycles. The lowest BCUT2D eigenvalue weighted by Gasteiger charge is -2.28. The summed E-state index contributed by atoms with van der Waals surface area (Å²) in [5.41, 5.74) is -0.276. The number of pyridine rings is 1. The number of aromatic nitrogens is 1. The summed E-state index contributed by atoms with van der Waals surface area (Å²) in [6.45, 7) is 3.29. The van der Waals surface area contributed by atoms with Crippen molar-refractivity contribution in [2.75, 3.05) is 33.4 Å². The van der Waals surface area contributed by atoms with E-state index in [1.807, 2.05) is 0 Å². The van der Waals surface area contributed by atoms with Gasteiger partial charge in [0, 0.05) is 42.0 Å². The number of carbonyl (C=O) groups excluding carboxylic acids is 1. The van der Waals surface area contributed by atoms with Gasteiger partial charge in [0.1, 0.15) is 11.5 Å². The molecule has 0 bridgehead atoms. The smallest absolute Gasteiger partial charge is 0.252 e. The first kappa shape index (κ1) is 21.6. The molecule has 3 aromatic rings. The quantitative estimate of drug-likeness (QED) is 0.621. The minimum Gasteiger partial charge on any atom is -0.502 e. The summed E-state index contributed by atoms with van der Waals surface area (Å²) in [5, 5.41) is 11.2. The van der Waals surface area contributed by atoms with Gasteiger partial charge in [-0.1, -0.05) is 0 Å². The van der Waals surface area contributed by atoms with Gasteiger partial charge in [-0.05, 0) is 31.2 Å². The van der Waals surface area contributed by atoms with Crippen molar-refractivity contribution in [3.05, 3.63) is 68.0 Å². The number of aromatic hydroxyl groups is 1. The first-order valence-corrected chi connectivity index (χ1v) is 10.3. The Labute approximate surface area is 183 Å². The van der Waals surface area contributed by atoms with E-state index in [-0.39, 0.29) is 29.4 Å². The standard InChI is InChI=1S/C23H24N2O7/c1-13-9-19(26)21(28)22(32-13)16(12-20(27)25-5-7-31-8-6-25)17-11-14-10-15(30-2)3-4-18(14)24-23(17)29/h3-4,9-11,16,28H,5-8,12H2,1-2H3,(H,24,29)/t16-/m1/s1. The number of nitrogens with one attached hydrogen (secondary N) is 1. The van der Waals surface area contributed by atoms with Crippen LogP contribution in [0.15, 0.2) is 44.3 Å². The molecule has 1 aromatic carbocycles. The number of morpholine rings is 1. The lowest BCUT2D eigenvalue weighted by atomic mass is 9.91. The van der Waals surface area contributed by atoms with Crippen LogP contribution < -0.4 is 15.7 Å². The maximum Gasteiger partial charge on any atom is 0.252 e. The Kier molecular flexibility index (Phi) is 6.00. The van der Waals surface area contributed by atoms with Gasteiger partial charge in [-0.2, -0.15) is 0 Å². The number of aryl methyl sites for hydroxylation is 1. The number of aromatic amines is 1. The van der Waals surface area contributed by atoms with Crippen LogP contribution in [0.5, 0.6) is 11.5 Å². The van der Waals surface area contributed by atoms with Crippen molar-refractivity contribution in [1.82, 2.24) is 9.88 Å². The number of fused-ring (bicyclic) bond motifs is 1. The molecular weight excluding hydrogens is 416 g/mol. The van der Waals surface area contributed by atoms with Crippen molar-refractivity contribution in [2.45, 2.75) is 19.3 Å². The second kappa shape index (κ2) is 8.88. The van der Waals surface area contributed by atoms with E-state index in [4.69, 9.17) is 13.9 Å². The second-order valence-electron chi connectivity index (χ2n) is 7.69. The van der Waals surface area contributed by atoms with Crippen LogP contribution in [0.1, 0.15) is 29.4 Å². The molecule has 168 valence electrons. The molecule has 9 nitrogen and oxygen atoms in total. The Hall–Kier alpha value is -3.59. The van der Waals surface area contributed by atoms with Crippen LogP contribution in [0.25, 0.3) is 10.9 Å². The van der Waals surface area contributed by atoms with E-state index in [2.05, 4.69) is 4.98 Å². The number of methoxy groups -OCH3 is 1. The Bertz CT molecular complexity index is 1270. The molecule has 0 aliphatic carbocycles. The topological polar surface area (TPSA) is 122 Å². The van der Waals surface area contributed by atoms with Crippen LogP contribution in [0, 0.1) is 6.92 Å². The van der Waals surface area contributed by atoms with Gasteiger partial charge in [-0.15, -0.1) is 0 Å². The van der Waals surface area contributed by atoms with E-state index in [1.54, 1.807) is 36.1 Å². The lowest BCUT2D eigenvalue weighted by molar-refractivity contribution is -0.135. The molecule has 1 aliphatic heterocycles. The number of ether oxygens (including phenoxy) is 2. The Morgan fingerprint density at radius 2 is 1.97 bits per heavy atom. The van der Waals surface area contributed by atoms with Crippen LogP contribution in [0.2, 0.25) is 0 Å². The second-order valence-corrected chi connectivity index (χ2v) is 7.69. The molecule has 0 radical (unpaired) electrons. The van der Waals surface area contributed by atoms with Gasteiger partial charge in [0.15, 0.2) is 5.76 Å². The number of carbonyl (C=O) groups is 1. The minimum atomic E-state index is -0.961. The first-order valence-electron chi connectivity index (χ1n) is 10.3. The summed E-state index contributed by atoms with van der Waals surface area (Å²) in [5.74, 6) is -1.04. The predicted octanol–water partition coefficient (Wildman–Crippen LogP) is 1.88. The normalized spacial score (nSPS) is 15.0. The summed E-state index contributed by atoms with van der Waals surface area (Å²) in [7, 11) is 1.54. The minimum absolute atomic E-state index is 0.107. The SMILES string of the molecule is COc1ccc2[nH]c(=O)c([C@@H](CC(=O)N3CCOCC3)c3oc(C)cc(=O)c3O)cc2c1. The van der Waals surface area contributed by atoms with E-state index < -0.39 is 22.7 Å². The number of benzene rings is 1. The summed E-state index contributed by atoms with van der Waals surface area (Å²) in [6.07, 6.45) is -0.154. The van der Waals surface area contributed by atoms with E-state index in [0.717, 1.165) is 6.07 Å². The van der Waals surface area contributed by atoms with Crippen LogP contribution in [0.3, 0.4) is 0 Å². The highest BCUT2D eigenvalue weighted by atomic mass is 16.5. The molecule has 3 heterocycles. The van der Waals surface area contributed by atoms with E-state index in [1.165, 1.54) is 7.11 Å². The Morgan fingerprint density at radius 1 is 1.22 bits per heavy atom. The van der Waals surface area contributed by atoms with E-state index in [9.17, 15) is 19.5 Å². The molecule has 1 amide bonds. The van der Waals surface area contributed by atoms with Crippen molar-refractivity contribution in [3.8, 4) is 11.5 Å².